The predicted molar refractivity (Wildman–Crippen MR) is 46.9 cm³/mol. The summed E-state index contributed by atoms with van der Waals surface area (Å²) in [6, 6.07) is 0. The highest BCUT2D eigenvalue weighted by molar-refractivity contribution is 7.45. The molecule has 86 valence electrons. The van der Waals surface area contributed by atoms with Crippen LogP contribution in [0.4, 0.5) is 0 Å². The third-order valence-electron chi connectivity index (χ3n) is 0.667. The molecular weight excluding hydrogens is 238 g/mol. The van der Waals surface area contributed by atoms with Crippen molar-refractivity contribution in [3.05, 3.63) is 12.2 Å². The molecular formula is C4H12O8P2. The van der Waals surface area contributed by atoms with Crippen molar-refractivity contribution in [1.82, 2.24) is 0 Å². The summed E-state index contributed by atoms with van der Waals surface area (Å²) in [4.78, 5) is 43.1. The van der Waals surface area contributed by atoms with E-state index in [0.29, 0.717) is 0 Å². The van der Waals surface area contributed by atoms with E-state index in [1.165, 1.54) is 12.8 Å². The van der Waals surface area contributed by atoms with E-state index in [4.69, 9.17) is 38.5 Å². The summed E-state index contributed by atoms with van der Waals surface area (Å²) < 4.78 is 17.8. The summed E-state index contributed by atoms with van der Waals surface area (Å²) >= 11 is 0. The van der Waals surface area contributed by atoms with Crippen molar-refractivity contribution in [3.63, 3.8) is 0 Å². The molecule has 0 atom stereocenters. The smallest absolute Gasteiger partial charge is 0.303 e. The van der Waals surface area contributed by atoms with Gasteiger partial charge in [-0.25, -0.2) is 9.13 Å². The standard InChI is InChI=1S/C4H6.2H3O4P/c1-2-4-3-1;2*1-5(2,3)4/h1-2H,3-4H2;2*(H3,1,2,3,4). The van der Waals surface area contributed by atoms with Gasteiger partial charge < -0.3 is 29.4 Å². The van der Waals surface area contributed by atoms with Gasteiger partial charge in [0.15, 0.2) is 0 Å². The zero-order valence-corrected chi connectivity index (χ0v) is 8.75. The van der Waals surface area contributed by atoms with E-state index < -0.39 is 15.6 Å². The van der Waals surface area contributed by atoms with Gasteiger partial charge in [-0.05, 0) is 12.8 Å². The molecule has 6 N–H and O–H groups in total. The first-order chi connectivity index (χ1) is 6.00. The molecule has 0 spiro atoms. The maximum absolute atomic E-state index is 8.88. The first kappa shape index (κ1) is 16.4. The lowest BCUT2D eigenvalue weighted by Gasteiger charge is -1.92. The summed E-state index contributed by atoms with van der Waals surface area (Å²) in [5, 5.41) is 0. The van der Waals surface area contributed by atoms with E-state index >= 15 is 0 Å². The molecule has 0 aromatic heterocycles. The molecule has 0 bridgehead atoms. The second kappa shape index (κ2) is 7.28. The number of phosphoric acid groups is 2. The van der Waals surface area contributed by atoms with Crippen LogP contribution in [0.3, 0.4) is 0 Å². The van der Waals surface area contributed by atoms with Crippen molar-refractivity contribution in [2.45, 2.75) is 12.8 Å². The molecule has 0 aliphatic heterocycles. The summed E-state index contributed by atoms with van der Waals surface area (Å²) in [7, 11) is -9.28. The van der Waals surface area contributed by atoms with Gasteiger partial charge in [0.1, 0.15) is 0 Å². The monoisotopic (exact) mass is 250 g/mol. The van der Waals surface area contributed by atoms with Crippen LogP contribution in [0.2, 0.25) is 0 Å². The van der Waals surface area contributed by atoms with Crippen LogP contribution in [0.25, 0.3) is 0 Å². The molecule has 0 radical (unpaired) electrons. The van der Waals surface area contributed by atoms with Gasteiger partial charge in [0.2, 0.25) is 0 Å². The van der Waals surface area contributed by atoms with E-state index in [1.807, 2.05) is 0 Å². The molecule has 0 fully saturated rings. The van der Waals surface area contributed by atoms with Gasteiger partial charge in [0, 0.05) is 0 Å². The van der Waals surface area contributed by atoms with E-state index in [-0.39, 0.29) is 0 Å². The second-order valence-electron chi connectivity index (χ2n) is 2.08. The van der Waals surface area contributed by atoms with Crippen molar-refractivity contribution >= 4 is 15.6 Å². The lowest BCUT2D eigenvalue weighted by atomic mass is 10.1. The minimum atomic E-state index is -4.64. The average Bonchev–Trinajstić information content (AvgIpc) is 1.41. The largest absolute Gasteiger partial charge is 0.466 e. The Morgan fingerprint density at radius 1 is 0.714 bits per heavy atom. The maximum Gasteiger partial charge on any atom is 0.466 e. The van der Waals surface area contributed by atoms with E-state index in [1.54, 1.807) is 0 Å². The molecule has 14 heavy (non-hydrogen) atoms. The summed E-state index contributed by atoms with van der Waals surface area (Å²) in [5.74, 6) is 0. The molecule has 0 heterocycles. The summed E-state index contributed by atoms with van der Waals surface area (Å²) in [5.41, 5.74) is 0. The van der Waals surface area contributed by atoms with Gasteiger partial charge in [-0.3, -0.25) is 0 Å². The Morgan fingerprint density at radius 3 is 0.786 bits per heavy atom. The van der Waals surface area contributed by atoms with Gasteiger partial charge in [-0.15, -0.1) is 0 Å². The van der Waals surface area contributed by atoms with Crippen LogP contribution >= 0.6 is 15.6 Å². The fourth-order valence-electron chi connectivity index (χ4n) is 0.167. The Balaban J connectivity index is 0. The molecule has 0 unspecified atom stereocenters. The van der Waals surface area contributed by atoms with E-state index in [9.17, 15) is 0 Å². The van der Waals surface area contributed by atoms with Crippen molar-refractivity contribution in [2.75, 3.05) is 0 Å². The van der Waals surface area contributed by atoms with Crippen LogP contribution in [0.5, 0.6) is 0 Å². The van der Waals surface area contributed by atoms with Gasteiger partial charge in [-0.2, -0.15) is 0 Å². The zero-order valence-electron chi connectivity index (χ0n) is 6.96. The lowest BCUT2D eigenvalue weighted by Crippen LogP contribution is -1.71. The van der Waals surface area contributed by atoms with Gasteiger partial charge in [-0.1, -0.05) is 12.2 Å². The first-order valence-corrected chi connectivity index (χ1v) is 6.35. The molecule has 1 aliphatic carbocycles. The van der Waals surface area contributed by atoms with E-state index in [2.05, 4.69) is 12.2 Å². The summed E-state index contributed by atoms with van der Waals surface area (Å²) in [6.45, 7) is 0. The second-order valence-corrected chi connectivity index (χ2v) is 4.13. The van der Waals surface area contributed by atoms with Crippen LogP contribution in [-0.4, -0.2) is 29.4 Å². The Kier molecular flexibility index (Phi) is 8.52. The molecule has 1 rings (SSSR count). The molecule has 10 heteroatoms. The van der Waals surface area contributed by atoms with Crippen LogP contribution in [0.1, 0.15) is 12.8 Å². The Morgan fingerprint density at radius 2 is 0.786 bits per heavy atom. The fourth-order valence-corrected chi connectivity index (χ4v) is 0.167. The van der Waals surface area contributed by atoms with Crippen molar-refractivity contribution in [2.24, 2.45) is 0 Å². The minimum Gasteiger partial charge on any atom is -0.303 e. The normalized spacial score (nSPS) is 14.1. The molecule has 0 aromatic rings. The Hall–Kier alpha value is -0.0400. The van der Waals surface area contributed by atoms with Crippen LogP contribution < -0.4 is 0 Å². The zero-order chi connectivity index (χ0) is 11.8. The highest BCUT2D eigenvalue weighted by Gasteiger charge is 2.00. The van der Waals surface area contributed by atoms with E-state index in [0.717, 1.165) is 0 Å². The molecule has 0 saturated carbocycles. The van der Waals surface area contributed by atoms with Gasteiger partial charge in [0.25, 0.3) is 0 Å². The van der Waals surface area contributed by atoms with Gasteiger partial charge in [0.05, 0.1) is 0 Å². The lowest BCUT2D eigenvalue weighted by molar-refractivity contribution is 0.272. The molecule has 1 aliphatic rings. The Labute approximate surface area is 80.0 Å². The number of hydrogen-bond donors (Lipinski definition) is 6. The third-order valence-corrected chi connectivity index (χ3v) is 0.667. The molecule has 0 amide bonds. The highest BCUT2D eigenvalue weighted by atomic mass is 31.2. The van der Waals surface area contributed by atoms with Crippen LogP contribution in [0, 0.1) is 0 Å². The number of rotatable bonds is 0. The SMILES string of the molecule is C1=CCC1.O=P(O)(O)O.O=P(O)(O)O. The third kappa shape index (κ3) is 91.6. The highest BCUT2D eigenvalue weighted by Crippen LogP contribution is 2.26. The predicted octanol–water partition coefficient (Wildman–Crippen LogP) is -0.521. The quantitative estimate of drug-likeness (QED) is 0.247. The maximum atomic E-state index is 8.88. The average molecular weight is 250 g/mol. The van der Waals surface area contributed by atoms with Crippen molar-refractivity contribution in [1.29, 1.82) is 0 Å². The van der Waals surface area contributed by atoms with Crippen molar-refractivity contribution < 1.29 is 38.5 Å². The Bertz CT molecular complexity index is 206. The first-order valence-electron chi connectivity index (χ1n) is 3.21. The van der Waals surface area contributed by atoms with Crippen LogP contribution in [-0.2, 0) is 9.13 Å². The summed E-state index contributed by atoms with van der Waals surface area (Å²) in [6.07, 6.45) is 7.00. The molecule has 8 nitrogen and oxygen atoms in total. The molecule has 0 saturated heterocycles. The van der Waals surface area contributed by atoms with Gasteiger partial charge >= 0.3 is 15.6 Å². The number of hydrogen-bond acceptors (Lipinski definition) is 2. The van der Waals surface area contributed by atoms with Crippen molar-refractivity contribution in [3.8, 4) is 0 Å². The molecule has 0 aromatic carbocycles. The number of allylic oxidation sites excluding steroid dienone is 2. The van der Waals surface area contributed by atoms with Crippen LogP contribution in [0.15, 0.2) is 12.2 Å². The fraction of sp³-hybridized carbons (Fsp3) is 0.500. The minimum absolute atomic E-state index is 1.32. The topological polar surface area (TPSA) is 156 Å².